The molecule has 0 aliphatic carbocycles. The summed E-state index contributed by atoms with van der Waals surface area (Å²) in [5, 5.41) is 2.69. The zero-order chi connectivity index (χ0) is 11.5. The Morgan fingerprint density at radius 1 is 1.56 bits per heavy atom. The fourth-order valence-corrected chi connectivity index (χ4v) is 1.94. The highest BCUT2D eigenvalue weighted by Gasteiger charge is 2.14. The summed E-state index contributed by atoms with van der Waals surface area (Å²) in [5.41, 5.74) is 0.547. The van der Waals surface area contributed by atoms with Gasteiger partial charge < -0.3 is 0 Å². The lowest BCUT2D eigenvalue weighted by molar-refractivity contribution is 0.0983. The Hall–Kier alpha value is -1.62. The zero-order valence-corrected chi connectivity index (χ0v) is 9.42. The average Bonchev–Trinajstić information content (AvgIpc) is 2.64. The summed E-state index contributed by atoms with van der Waals surface area (Å²) >= 11 is 1.47. The second-order valence-corrected chi connectivity index (χ2v) is 4.35. The van der Waals surface area contributed by atoms with Gasteiger partial charge in [-0.05, 0) is 19.1 Å². The Labute approximate surface area is 96.0 Å². The molecular weight excluding hydrogens is 227 g/mol. The van der Waals surface area contributed by atoms with Gasteiger partial charge in [0.1, 0.15) is 5.69 Å². The Balaban J connectivity index is 2.18. The minimum absolute atomic E-state index is 0.0955. The molecule has 0 unspecified atom stereocenters. The van der Waals surface area contributed by atoms with E-state index in [1.54, 1.807) is 5.38 Å². The van der Waals surface area contributed by atoms with Gasteiger partial charge in [-0.2, -0.15) is 0 Å². The van der Waals surface area contributed by atoms with Crippen LogP contribution in [-0.4, -0.2) is 15.8 Å². The normalized spacial score (nSPS) is 10.4. The summed E-state index contributed by atoms with van der Waals surface area (Å²) in [7, 11) is 0. The van der Waals surface area contributed by atoms with E-state index in [0.29, 0.717) is 5.69 Å². The minimum atomic E-state index is -0.584. The first-order valence-electron chi connectivity index (χ1n) is 4.71. The van der Waals surface area contributed by atoms with Crippen molar-refractivity contribution in [2.24, 2.45) is 0 Å². The Kier molecular flexibility index (Phi) is 3.05. The number of aryl methyl sites for hydroxylation is 1. The van der Waals surface area contributed by atoms with Crippen molar-refractivity contribution in [1.82, 2.24) is 9.97 Å². The first-order chi connectivity index (χ1) is 7.66. The molecule has 2 rings (SSSR count). The van der Waals surface area contributed by atoms with E-state index < -0.39 is 5.82 Å². The lowest BCUT2D eigenvalue weighted by Crippen LogP contribution is -2.08. The van der Waals surface area contributed by atoms with Gasteiger partial charge in [-0.3, -0.25) is 9.78 Å². The van der Waals surface area contributed by atoms with Crippen LogP contribution in [-0.2, 0) is 6.42 Å². The number of hydrogen-bond acceptors (Lipinski definition) is 4. The van der Waals surface area contributed by atoms with Crippen molar-refractivity contribution < 1.29 is 9.18 Å². The van der Waals surface area contributed by atoms with E-state index in [0.717, 1.165) is 5.01 Å². The van der Waals surface area contributed by atoms with Crippen molar-refractivity contribution in [2.75, 3.05) is 0 Å². The van der Waals surface area contributed by atoms with Crippen LogP contribution in [0.3, 0.4) is 0 Å². The summed E-state index contributed by atoms with van der Waals surface area (Å²) < 4.78 is 13.2. The zero-order valence-electron chi connectivity index (χ0n) is 8.61. The number of carbonyl (C=O) groups excluding carboxylic acids is 1. The number of Topliss-reactive ketones (excluding diaryl/α,β-unsaturated/α-hetero) is 1. The van der Waals surface area contributed by atoms with E-state index in [2.05, 4.69) is 9.97 Å². The molecule has 0 aliphatic heterocycles. The van der Waals surface area contributed by atoms with Crippen molar-refractivity contribution in [3.05, 3.63) is 45.9 Å². The number of thiazole rings is 1. The third-order valence-corrected chi connectivity index (χ3v) is 2.85. The van der Waals surface area contributed by atoms with Crippen LogP contribution in [0, 0.1) is 12.7 Å². The monoisotopic (exact) mass is 236 g/mol. The molecular formula is C11H9FN2OS. The summed E-state index contributed by atoms with van der Waals surface area (Å²) in [6.45, 7) is 1.86. The highest BCUT2D eigenvalue weighted by Crippen LogP contribution is 2.12. The largest absolute Gasteiger partial charge is 0.292 e. The summed E-state index contributed by atoms with van der Waals surface area (Å²) in [6.07, 6.45) is 1.50. The highest BCUT2D eigenvalue weighted by molar-refractivity contribution is 7.09. The molecule has 0 saturated heterocycles. The molecule has 0 radical (unpaired) electrons. The van der Waals surface area contributed by atoms with Crippen molar-refractivity contribution in [1.29, 1.82) is 0 Å². The van der Waals surface area contributed by atoms with E-state index in [-0.39, 0.29) is 17.9 Å². The van der Waals surface area contributed by atoms with Crippen molar-refractivity contribution in [2.45, 2.75) is 13.3 Å². The van der Waals surface area contributed by atoms with Gasteiger partial charge in [0.05, 0.1) is 17.1 Å². The van der Waals surface area contributed by atoms with Crippen LogP contribution in [0.4, 0.5) is 4.39 Å². The number of halogens is 1. The smallest absolute Gasteiger partial charge is 0.190 e. The Morgan fingerprint density at radius 3 is 3.00 bits per heavy atom. The lowest BCUT2D eigenvalue weighted by Gasteiger charge is -1.98. The third-order valence-electron chi connectivity index (χ3n) is 2.03. The van der Waals surface area contributed by atoms with E-state index in [4.69, 9.17) is 0 Å². The first-order valence-corrected chi connectivity index (χ1v) is 5.59. The van der Waals surface area contributed by atoms with Gasteiger partial charge in [0.25, 0.3) is 0 Å². The molecule has 0 spiro atoms. The van der Waals surface area contributed by atoms with Crippen molar-refractivity contribution >= 4 is 17.1 Å². The molecule has 5 heteroatoms. The quantitative estimate of drug-likeness (QED) is 0.768. The Bertz CT molecular complexity index is 524. The molecule has 2 aromatic heterocycles. The van der Waals surface area contributed by atoms with Crippen LogP contribution in [0.2, 0.25) is 0 Å². The molecule has 3 nitrogen and oxygen atoms in total. The van der Waals surface area contributed by atoms with Crippen LogP contribution in [0.25, 0.3) is 0 Å². The maximum absolute atomic E-state index is 13.2. The van der Waals surface area contributed by atoms with Crippen molar-refractivity contribution in [3.8, 4) is 0 Å². The van der Waals surface area contributed by atoms with E-state index in [1.807, 2.05) is 6.92 Å². The molecule has 0 amide bonds. The van der Waals surface area contributed by atoms with Gasteiger partial charge in [-0.15, -0.1) is 11.3 Å². The third kappa shape index (κ3) is 2.30. The molecule has 0 aromatic carbocycles. The van der Waals surface area contributed by atoms with Gasteiger partial charge in [0, 0.05) is 11.6 Å². The second-order valence-electron chi connectivity index (χ2n) is 3.29. The molecule has 2 aromatic rings. The van der Waals surface area contributed by atoms with Crippen LogP contribution in [0.15, 0.2) is 23.7 Å². The van der Waals surface area contributed by atoms with Crippen LogP contribution in [0.5, 0.6) is 0 Å². The number of hydrogen-bond donors (Lipinski definition) is 0. The average molecular weight is 236 g/mol. The molecule has 0 N–H and O–H groups in total. The SMILES string of the molecule is Cc1nc(CC(=O)c2ncccc2F)cs1. The number of pyridine rings is 1. The lowest BCUT2D eigenvalue weighted by atomic mass is 10.1. The topological polar surface area (TPSA) is 42.9 Å². The fraction of sp³-hybridized carbons (Fsp3) is 0.182. The molecule has 0 aliphatic rings. The van der Waals surface area contributed by atoms with Gasteiger partial charge in [-0.1, -0.05) is 0 Å². The van der Waals surface area contributed by atoms with E-state index in [9.17, 15) is 9.18 Å². The Morgan fingerprint density at radius 2 is 2.38 bits per heavy atom. The minimum Gasteiger partial charge on any atom is -0.292 e. The molecule has 82 valence electrons. The number of ketones is 1. The van der Waals surface area contributed by atoms with Gasteiger partial charge in [-0.25, -0.2) is 9.37 Å². The molecule has 16 heavy (non-hydrogen) atoms. The molecule has 0 saturated carbocycles. The van der Waals surface area contributed by atoms with Crippen molar-refractivity contribution in [3.63, 3.8) is 0 Å². The first kappa shape index (κ1) is 10.9. The maximum Gasteiger partial charge on any atom is 0.190 e. The molecule has 0 fully saturated rings. The summed E-state index contributed by atoms with van der Waals surface area (Å²) in [5.74, 6) is -0.928. The maximum atomic E-state index is 13.2. The number of aromatic nitrogens is 2. The van der Waals surface area contributed by atoms with Crippen LogP contribution < -0.4 is 0 Å². The van der Waals surface area contributed by atoms with Gasteiger partial charge >= 0.3 is 0 Å². The predicted molar refractivity (Wildman–Crippen MR) is 59.1 cm³/mol. The number of rotatable bonds is 3. The fourth-order valence-electron chi connectivity index (χ4n) is 1.33. The summed E-state index contributed by atoms with van der Waals surface area (Å²) in [6, 6.07) is 2.69. The van der Waals surface area contributed by atoms with Gasteiger partial charge in [0.2, 0.25) is 0 Å². The standard InChI is InChI=1S/C11H9FN2OS/c1-7-14-8(6-16-7)5-10(15)11-9(12)3-2-4-13-11/h2-4,6H,5H2,1H3. The van der Waals surface area contributed by atoms with Crippen LogP contribution in [0.1, 0.15) is 21.2 Å². The number of nitrogens with zero attached hydrogens (tertiary/aromatic N) is 2. The highest BCUT2D eigenvalue weighted by atomic mass is 32.1. The summed E-state index contributed by atoms with van der Waals surface area (Å²) in [4.78, 5) is 19.6. The van der Waals surface area contributed by atoms with E-state index in [1.165, 1.54) is 29.7 Å². The van der Waals surface area contributed by atoms with Gasteiger partial charge in [0.15, 0.2) is 11.6 Å². The number of carbonyl (C=O) groups is 1. The van der Waals surface area contributed by atoms with Crippen LogP contribution >= 0.6 is 11.3 Å². The molecule has 2 heterocycles. The molecule has 0 bridgehead atoms. The second kappa shape index (κ2) is 4.49. The van der Waals surface area contributed by atoms with E-state index >= 15 is 0 Å². The predicted octanol–water partition coefficient (Wildman–Crippen LogP) is 2.41. The molecule has 0 atom stereocenters.